The fraction of sp³-hybridized carbons (Fsp3) is 0.286. The van der Waals surface area contributed by atoms with E-state index in [1.807, 2.05) is 0 Å². The minimum Gasteiger partial charge on any atom is -0.497 e. The standard InChI is InChI=1S/C21H23N3O5/c1-3-29-21(27)18-12-17(19(25)15-11-14(28-2)9-10-16(15)22)23-24(18)20(26)13-7-5-4-6-8-13/h4-11,18-19,25H,3,12,22H2,1-2H3. The van der Waals surface area contributed by atoms with E-state index in [4.69, 9.17) is 15.2 Å². The van der Waals surface area contributed by atoms with Crippen LogP contribution in [0.15, 0.2) is 53.6 Å². The van der Waals surface area contributed by atoms with Crippen molar-refractivity contribution in [3.8, 4) is 5.75 Å². The zero-order chi connectivity index (χ0) is 21.0. The van der Waals surface area contributed by atoms with Crippen molar-refractivity contribution in [3.05, 3.63) is 59.7 Å². The van der Waals surface area contributed by atoms with Gasteiger partial charge in [0.1, 0.15) is 11.9 Å². The molecule has 1 heterocycles. The number of esters is 1. The number of amides is 1. The molecule has 2 atom stereocenters. The van der Waals surface area contributed by atoms with Crippen molar-refractivity contribution in [1.82, 2.24) is 5.01 Å². The smallest absolute Gasteiger partial charge is 0.331 e. The summed E-state index contributed by atoms with van der Waals surface area (Å²) in [5.74, 6) is -0.517. The summed E-state index contributed by atoms with van der Waals surface area (Å²) in [4.78, 5) is 25.4. The number of nitrogen functional groups attached to an aromatic ring is 1. The van der Waals surface area contributed by atoms with E-state index in [2.05, 4.69) is 5.10 Å². The van der Waals surface area contributed by atoms with Gasteiger partial charge < -0.3 is 20.3 Å². The maximum atomic E-state index is 12.9. The van der Waals surface area contributed by atoms with Crippen LogP contribution in [0.4, 0.5) is 5.69 Å². The first-order valence-electron chi connectivity index (χ1n) is 9.20. The quantitative estimate of drug-likeness (QED) is 0.570. The summed E-state index contributed by atoms with van der Waals surface area (Å²) in [5.41, 5.74) is 7.35. The molecule has 2 aromatic rings. The molecule has 0 bridgehead atoms. The van der Waals surface area contributed by atoms with Crippen LogP contribution < -0.4 is 10.5 Å². The highest BCUT2D eigenvalue weighted by molar-refractivity contribution is 6.03. The Balaban J connectivity index is 1.95. The van der Waals surface area contributed by atoms with Crippen LogP contribution in [-0.4, -0.2) is 47.5 Å². The van der Waals surface area contributed by atoms with Crippen molar-refractivity contribution >= 4 is 23.3 Å². The predicted octanol–water partition coefficient (Wildman–Crippen LogP) is 2.14. The number of benzene rings is 2. The molecule has 1 amide bonds. The van der Waals surface area contributed by atoms with Gasteiger partial charge in [0.2, 0.25) is 0 Å². The number of ether oxygens (including phenoxy) is 2. The highest BCUT2D eigenvalue weighted by atomic mass is 16.5. The third-order valence-electron chi connectivity index (χ3n) is 4.63. The minimum atomic E-state index is -1.20. The number of carbonyl (C=O) groups is 2. The Bertz CT molecular complexity index is 929. The Morgan fingerprint density at radius 1 is 1.28 bits per heavy atom. The highest BCUT2D eigenvalue weighted by Crippen LogP contribution is 2.31. The molecule has 29 heavy (non-hydrogen) atoms. The largest absolute Gasteiger partial charge is 0.497 e. The average Bonchev–Trinajstić information content (AvgIpc) is 3.19. The number of hydrazone groups is 1. The van der Waals surface area contributed by atoms with Gasteiger partial charge in [-0.2, -0.15) is 5.10 Å². The van der Waals surface area contributed by atoms with Gasteiger partial charge in [-0.25, -0.2) is 9.80 Å². The molecule has 0 saturated heterocycles. The molecule has 8 nitrogen and oxygen atoms in total. The zero-order valence-electron chi connectivity index (χ0n) is 16.2. The molecule has 1 aliphatic rings. The number of hydrogen-bond donors (Lipinski definition) is 2. The van der Waals surface area contributed by atoms with Crippen LogP contribution in [0.3, 0.4) is 0 Å². The van der Waals surface area contributed by atoms with Crippen molar-refractivity contribution < 1.29 is 24.2 Å². The van der Waals surface area contributed by atoms with E-state index in [0.29, 0.717) is 22.6 Å². The summed E-state index contributed by atoms with van der Waals surface area (Å²) in [5, 5.41) is 16.2. The van der Waals surface area contributed by atoms with Crippen LogP contribution in [0.25, 0.3) is 0 Å². The lowest BCUT2D eigenvalue weighted by molar-refractivity contribution is -0.147. The molecule has 8 heteroatoms. The van der Waals surface area contributed by atoms with Crippen LogP contribution in [-0.2, 0) is 9.53 Å². The Morgan fingerprint density at radius 3 is 2.66 bits per heavy atom. The van der Waals surface area contributed by atoms with Crippen LogP contribution >= 0.6 is 0 Å². The number of aliphatic hydroxyl groups excluding tert-OH is 1. The van der Waals surface area contributed by atoms with Gasteiger partial charge in [0, 0.05) is 23.2 Å². The Morgan fingerprint density at radius 2 is 2.00 bits per heavy atom. The van der Waals surface area contributed by atoms with Crippen molar-refractivity contribution in [2.75, 3.05) is 19.5 Å². The number of methoxy groups -OCH3 is 1. The Kier molecular flexibility index (Phi) is 6.13. The van der Waals surface area contributed by atoms with Crippen LogP contribution in [0.5, 0.6) is 5.75 Å². The predicted molar refractivity (Wildman–Crippen MR) is 107 cm³/mol. The highest BCUT2D eigenvalue weighted by Gasteiger charge is 2.40. The van der Waals surface area contributed by atoms with E-state index >= 15 is 0 Å². The van der Waals surface area contributed by atoms with E-state index in [1.54, 1.807) is 55.5 Å². The second-order valence-electron chi connectivity index (χ2n) is 6.48. The summed E-state index contributed by atoms with van der Waals surface area (Å²) in [6.45, 7) is 1.85. The summed E-state index contributed by atoms with van der Waals surface area (Å²) in [6, 6.07) is 12.4. The molecule has 1 aliphatic heterocycles. The van der Waals surface area contributed by atoms with Gasteiger partial charge in [0.15, 0.2) is 6.04 Å². The van der Waals surface area contributed by atoms with Gasteiger partial charge in [-0.1, -0.05) is 18.2 Å². The molecule has 2 unspecified atom stereocenters. The molecule has 0 aromatic heterocycles. The molecular weight excluding hydrogens is 374 g/mol. The van der Waals surface area contributed by atoms with Crippen LogP contribution in [0.2, 0.25) is 0 Å². The van der Waals surface area contributed by atoms with Gasteiger partial charge in [0.25, 0.3) is 5.91 Å². The average molecular weight is 397 g/mol. The van der Waals surface area contributed by atoms with Gasteiger partial charge >= 0.3 is 5.97 Å². The monoisotopic (exact) mass is 397 g/mol. The second-order valence-corrected chi connectivity index (χ2v) is 6.48. The number of rotatable bonds is 6. The fourth-order valence-corrected chi connectivity index (χ4v) is 3.12. The Hall–Kier alpha value is -3.39. The summed E-state index contributed by atoms with van der Waals surface area (Å²) in [7, 11) is 1.51. The molecule has 3 rings (SSSR count). The van der Waals surface area contributed by atoms with Crippen molar-refractivity contribution in [3.63, 3.8) is 0 Å². The van der Waals surface area contributed by atoms with E-state index < -0.39 is 24.0 Å². The molecule has 2 aromatic carbocycles. The molecular formula is C21H23N3O5. The van der Waals surface area contributed by atoms with E-state index in [0.717, 1.165) is 5.01 Å². The van der Waals surface area contributed by atoms with Crippen LogP contribution in [0.1, 0.15) is 35.4 Å². The maximum Gasteiger partial charge on any atom is 0.331 e. The van der Waals surface area contributed by atoms with Gasteiger partial charge in [-0.05, 0) is 37.3 Å². The van der Waals surface area contributed by atoms with Gasteiger partial charge in [-0.15, -0.1) is 0 Å². The number of anilines is 1. The zero-order valence-corrected chi connectivity index (χ0v) is 16.2. The summed E-state index contributed by atoms with van der Waals surface area (Å²) >= 11 is 0. The molecule has 0 radical (unpaired) electrons. The van der Waals surface area contributed by atoms with Crippen molar-refractivity contribution in [1.29, 1.82) is 0 Å². The SMILES string of the molecule is CCOC(=O)C1CC(C(O)c2cc(OC)ccc2N)=NN1C(=O)c1ccccc1. The number of nitrogens with two attached hydrogens (primary N) is 1. The fourth-order valence-electron chi connectivity index (χ4n) is 3.12. The number of hydrogen-bond acceptors (Lipinski definition) is 7. The summed E-state index contributed by atoms with van der Waals surface area (Å²) < 4.78 is 10.3. The molecule has 0 aliphatic carbocycles. The number of nitrogens with zero attached hydrogens (tertiary/aromatic N) is 2. The normalized spacial score (nSPS) is 16.9. The lowest BCUT2D eigenvalue weighted by Crippen LogP contribution is -2.39. The first-order valence-corrected chi connectivity index (χ1v) is 9.20. The van der Waals surface area contributed by atoms with Crippen molar-refractivity contribution in [2.24, 2.45) is 5.10 Å². The maximum absolute atomic E-state index is 12.9. The third-order valence-corrected chi connectivity index (χ3v) is 4.63. The lowest BCUT2D eigenvalue weighted by atomic mass is 9.99. The van der Waals surface area contributed by atoms with E-state index in [1.165, 1.54) is 7.11 Å². The lowest BCUT2D eigenvalue weighted by Gasteiger charge is -2.20. The third kappa shape index (κ3) is 4.22. The second kappa shape index (κ2) is 8.74. The first-order chi connectivity index (χ1) is 14.0. The first kappa shape index (κ1) is 20.3. The number of aliphatic hydroxyl groups is 1. The van der Waals surface area contributed by atoms with Crippen molar-refractivity contribution in [2.45, 2.75) is 25.5 Å². The Labute approximate surface area is 168 Å². The van der Waals surface area contributed by atoms with Crippen LogP contribution in [0, 0.1) is 0 Å². The molecule has 0 spiro atoms. The molecule has 152 valence electrons. The van der Waals surface area contributed by atoms with Gasteiger partial charge in [-0.3, -0.25) is 4.79 Å². The summed E-state index contributed by atoms with van der Waals surface area (Å²) in [6.07, 6.45) is -1.16. The van der Waals surface area contributed by atoms with Gasteiger partial charge in [0.05, 0.1) is 19.4 Å². The van der Waals surface area contributed by atoms with E-state index in [-0.39, 0.29) is 18.7 Å². The molecule has 0 fully saturated rings. The van der Waals surface area contributed by atoms with E-state index in [9.17, 15) is 14.7 Å². The molecule has 0 saturated carbocycles. The minimum absolute atomic E-state index is 0.0369. The number of carbonyl (C=O) groups excluding carboxylic acids is 2. The topological polar surface area (TPSA) is 114 Å². The molecule has 3 N–H and O–H groups in total.